The van der Waals surface area contributed by atoms with Crippen LogP contribution in [-0.4, -0.2) is 169 Å². The average Bonchev–Trinajstić information content (AvgIpc) is 2.98. The lowest BCUT2D eigenvalue weighted by Crippen LogP contribution is -2.63. The maximum absolute atomic E-state index is 10.9. The molecule has 0 amide bonds. The minimum absolute atomic E-state index is 0.0698. The Morgan fingerprint density at radius 1 is 0.698 bits per heavy atom. The first-order valence-electron chi connectivity index (χ1n) is 15.3. The highest BCUT2D eigenvalue weighted by Crippen LogP contribution is 2.42. The van der Waals surface area contributed by atoms with Crippen molar-refractivity contribution in [2.45, 2.75) is 150 Å². The van der Waals surface area contributed by atoms with Crippen LogP contribution in [0.25, 0.3) is 0 Å². The molecule has 0 aromatic carbocycles. The van der Waals surface area contributed by atoms with E-state index in [0.717, 1.165) is 0 Å². The zero-order chi connectivity index (χ0) is 31.2. The number of aliphatic hydroxyl groups is 11. The van der Waals surface area contributed by atoms with Gasteiger partial charge in [-0.25, -0.2) is 0 Å². The maximum atomic E-state index is 10.9. The van der Waals surface area contributed by atoms with Gasteiger partial charge in [-0.1, -0.05) is 0 Å². The average molecular weight is 626 g/mol. The summed E-state index contributed by atoms with van der Waals surface area (Å²) in [6.07, 6.45) is -15.6. The summed E-state index contributed by atoms with van der Waals surface area (Å²) >= 11 is 0. The van der Waals surface area contributed by atoms with Gasteiger partial charge < -0.3 is 74.4 Å². The third kappa shape index (κ3) is 7.06. The standard InChI is InChI=1S/C28H48O15/c1-10-20(32)22(34)24(36)27(40-10)39-9-19-21(33)23(35)25(37)28(43-19)42-18-8-13-15(31)6-12(29)7-16(13)41-26(18)11-3-4-14(30)17(5-11)38-2/h10-37H,3-9H2,1-2H3/p+1/t10-,11?,12?,13?,14?,15?,16?,17?,18?,19-,20+,21+,22-,23+,24+,25-,26?,27-,28+/m0/s1. The molecule has 10 N–H and O–H groups in total. The second kappa shape index (κ2) is 14.0. The van der Waals surface area contributed by atoms with Crippen LogP contribution in [0.5, 0.6) is 0 Å². The topological polar surface area (TPSA) is 241 Å². The summed E-state index contributed by atoms with van der Waals surface area (Å²) in [6.45, 7) is 1.08. The van der Waals surface area contributed by atoms with E-state index in [1.807, 2.05) is 0 Å². The second-order valence-electron chi connectivity index (χ2n) is 12.9. The van der Waals surface area contributed by atoms with Gasteiger partial charge in [-0.15, -0.1) is 0 Å². The molecule has 43 heavy (non-hydrogen) atoms. The Hall–Kier alpha value is -0.600. The Balaban J connectivity index is 1.30. The molecule has 3 saturated heterocycles. The lowest BCUT2D eigenvalue weighted by atomic mass is 9.72. The molecule has 0 bridgehead atoms. The molecule has 0 aromatic heterocycles. The quantitative estimate of drug-likeness (QED) is 0.123. The molecule has 5 fully saturated rings. The number of aliphatic hydroxyl groups excluding tert-OH is 9. The third-order valence-electron chi connectivity index (χ3n) is 10.1. The Morgan fingerprint density at radius 2 is 1.40 bits per heavy atom. The second-order valence-corrected chi connectivity index (χ2v) is 12.9. The fraction of sp³-hybridized carbons (Fsp3) is 1.00. The minimum Gasteiger partial charge on any atom is -0.427 e. The highest BCUT2D eigenvalue weighted by atomic mass is 16.7. The van der Waals surface area contributed by atoms with Crippen LogP contribution in [0.2, 0.25) is 0 Å². The number of hydrogen-bond acceptors (Lipinski definition) is 14. The molecule has 250 valence electrons. The predicted octanol–water partition coefficient (Wildman–Crippen LogP) is -4.00. The highest BCUT2D eigenvalue weighted by molar-refractivity contribution is 4.98. The summed E-state index contributed by atoms with van der Waals surface area (Å²) in [7, 11) is 1.54. The van der Waals surface area contributed by atoms with Crippen molar-refractivity contribution in [3.63, 3.8) is 0 Å². The van der Waals surface area contributed by atoms with E-state index in [1.165, 1.54) is 14.0 Å². The Morgan fingerprint density at radius 3 is 2.12 bits per heavy atom. The van der Waals surface area contributed by atoms with E-state index < -0.39 is 105 Å². The largest absolute Gasteiger partial charge is 0.427 e. The summed E-state index contributed by atoms with van der Waals surface area (Å²) in [5, 5.41) is 93.9. The highest BCUT2D eigenvalue weighted by Gasteiger charge is 2.55. The summed E-state index contributed by atoms with van der Waals surface area (Å²) in [5.74, 6) is -0.374. The predicted molar refractivity (Wildman–Crippen MR) is 143 cm³/mol. The zero-order valence-corrected chi connectivity index (χ0v) is 24.4. The summed E-state index contributed by atoms with van der Waals surface area (Å²) in [5.41, 5.74) is 0. The molecule has 2 aliphatic carbocycles. The first-order valence-corrected chi connectivity index (χ1v) is 15.3. The van der Waals surface area contributed by atoms with Crippen LogP contribution in [-0.2, 0) is 23.7 Å². The van der Waals surface area contributed by atoms with Crippen LogP contribution >= 0.6 is 0 Å². The van der Waals surface area contributed by atoms with Crippen molar-refractivity contribution < 1.29 is 74.4 Å². The van der Waals surface area contributed by atoms with Gasteiger partial charge in [-0.05, 0) is 32.6 Å². The maximum Gasteiger partial charge on any atom is 0.187 e. The molecule has 9 unspecified atom stereocenters. The molecular formula is C28H49O15+. The molecule has 2 saturated carbocycles. The van der Waals surface area contributed by atoms with Crippen molar-refractivity contribution in [3.8, 4) is 0 Å². The summed E-state index contributed by atoms with van der Waals surface area (Å²) < 4.78 is 33.7. The normalized spacial score (nSPS) is 54.6. The lowest BCUT2D eigenvalue weighted by Gasteiger charge is -2.48. The van der Waals surface area contributed by atoms with Crippen molar-refractivity contribution in [2.75, 3.05) is 13.7 Å². The number of ether oxygens (including phenoxy) is 6. The van der Waals surface area contributed by atoms with Crippen molar-refractivity contribution >= 4 is 0 Å². The Kier molecular flexibility index (Phi) is 11.0. The van der Waals surface area contributed by atoms with Crippen LogP contribution in [0.4, 0.5) is 0 Å². The van der Waals surface area contributed by atoms with Gasteiger partial charge in [-0.2, -0.15) is 0 Å². The van der Waals surface area contributed by atoms with Gasteiger partial charge in [0.2, 0.25) is 0 Å². The molecule has 0 radical (unpaired) electrons. The van der Waals surface area contributed by atoms with E-state index in [9.17, 15) is 46.0 Å². The van der Waals surface area contributed by atoms with Crippen LogP contribution in [0, 0.1) is 11.8 Å². The lowest BCUT2D eigenvalue weighted by molar-refractivity contribution is -0.362. The summed E-state index contributed by atoms with van der Waals surface area (Å²) in [4.78, 5) is 0. The van der Waals surface area contributed by atoms with Gasteiger partial charge in [0, 0.05) is 25.9 Å². The molecular weight excluding hydrogens is 576 g/mol. The Labute approximate surface area is 249 Å². The van der Waals surface area contributed by atoms with Gasteiger partial charge in [-0.3, -0.25) is 0 Å². The molecule has 3 heterocycles. The van der Waals surface area contributed by atoms with E-state index in [-0.39, 0.29) is 24.4 Å². The smallest absolute Gasteiger partial charge is 0.187 e. The molecule has 3 aliphatic heterocycles. The van der Waals surface area contributed by atoms with E-state index in [1.54, 1.807) is 0 Å². The van der Waals surface area contributed by atoms with Crippen LogP contribution in [0.3, 0.4) is 0 Å². The van der Waals surface area contributed by atoms with Crippen LogP contribution in [0.15, 0.2) is 0 Å². The van der Waals surface area contributed by atoms with Gasteiger partial charge in [0.25, 0.3) is 0 Å². The molecule has 5 aliphatic rings. The fourth-order valence-corrected chi connectivity index (χ4v) is 7.42. The van der Waals surface area contributed by atoms with E-state index in [0.29, 0.717) is 32.1 Å². The number of rotatable bonds is 7. The third-order valence-corrected chi connectivity index (χ3v) is 10.1. The molecule has 5 rings (SSSR count). The van der Waals surface area contributed by atoms with Crippen LogP contribution < -0.4 is 0 Å². The Bertz CT molecular complexity index is 898. The summed E-state index contributed by atoms with van der Waals surface area (Å²) in [6, 6.07) is 0. The van der Waals surface area contributed by atoms with Crippen molar-refractivity contribution in [1.29, 1.82) is 0 Å². The van der Waals surface area contributed by atoms with Crippen LogP contribution in [0.1, 0.15) is 45.4 Å². The first-order chi connectivity index (χ1) is 20.4. The minimum atomic E-state index is -1.68. The van der Waals surface area contributed by atoms with E-state index in [4.69, 9.17) is 28.4 Å². The molecule has 19 atom stereocenters. The van der Waals surface area contributed by atoms with Crippen molar-refractivity contribution in [3.05, 3.63) is 0 Å². The van der Waals surface area contributed by atoms with E-state index >= 15 is 0 Å². The molecule has 15 heteroatoms. The number of methoxy groups -OCH3 is 1. The SMILES string of the molecule is COC1CC(C2[OH+]C3CC(O)CC(O)C3CC2O[C@@H]2O[C@@H](CO[C@H]3O[C@@H](C)[C@@H](O)[C@H](O)[C@H]3O)[C@@H](O)[C@@H](O)[C@@H]2O)CCC1O. The molecule has 0 spiro atoms. The molecule has 0 aromatic rings. The van der Waals surface area contributed by atoms with Gasteiger partial charge in [0.05, 0.1) is 43.0 Å². The first kappa shape index (κ1) is 33.8. The zero-order valence-electron chi connectivity index (χ0n) is 24.4. The van der Waals surface area contributed by atoms with Gasteiger partial charge in [0.1, 0.15) is 48.8 Å². The van der Waals surface area contributed by atoms with Gasteiger partial charge >= 0.3 is 0 Å². The van der Waals surface area contributed by atoms with E-state index in [2.05, 4.69) is 0 Å². The molecule has 15 nitrogen and oxygen atoms in total. The van der Waals surface area contributed by atoms with Crippen molar-refractivity contribution in [2.24, 2.45) is 11.8 Å². The van der Waals surface area contributed by atoms with Crippen molar-refractivity contribution in [1.82, 2.24) is 0 Å². The number of fused-ring (bicyclic) bond motifs is 1. The fourth-order valence-electron chi connectivity index (χ4n) is 7.42. The van der Waals surface area contributed by atoms with Gasteiger partial charge in [0.15, 0.2) is 24.8 Å². The number of hydrogen-bond donors (Lipinski definition) is 9. The monoisotopic (exact) mass is 625 g/mol.